The summed E-state index contributed by atoms with van der Waals surface area (Å²) < 4.78 is 7.26. The molecule has 28 heavy (non-hydrogen) atoms. The molecule has 1 aromatic heterocycles. The molecule has 2 amide bonds. The van der Waals surface area contributed by atoms with Crippen molar-refractivity contribution < 1.29 is 9.53 Å². The van der Waals surface area contributed by atoms with E-state index in [4.69, 9.17) is 4.74 Å². The second kappa shape index (κ2) is 8.61. The lowest BCUT2D eigenvalue weighted by atomic mass is 10.2. The largest absolute Gasteiger partial charge is 0.496 e. The predicted octanol–water partition coefficient (Wildman–Crippen LogP) is 3.84. The molecule has 0 unspecified atom stereocenters. The van der Waals surface area contributed by atoms with Crippen LogP contribution in [0.5, 0.6) is 5.75 Å². The van der Waals surface area contributed by atoms with Gasteiger partial charge in [0.05, 0.1) is 25.0 Å². The van der Waals surface area contributed by atoms with Crippen molar-refractivity contribution in [1.29, 1.82) is 0 Å². The van der Waals surface area contributed by atoms with Gasteiger partial charge in [0.15, 0.2) is 0 Å². The number of hydrogen-bond acceptors (Lipinski definition) is 3. The van der Waals surface area contributed by atoms with Gasteiger partial charge >= 0.3 is 6.03 Å². The highest BCUT2D eigenvalue weighted by molar-refractivity contribution is 5.74. The summed E-state index contributed by atoms with van der Waals surface area (Å²) in [6, 6.07) is 17.5. The SMILES string of the molecule is COc1ccccc1CNC(=O)N(C)Cc1c(C)nn(-c2ccccc2)c1C. The third-order valence-electron chi connectivity index (χ3n) is 4.81. The Hall–Kier alpha value is -3.28. The maximum Gasteiger partial charge on any atom is 0.317 e. The fourth-order valence-electron chi connectivity index (χ4n) is 3.19. The van der Waals surface area contributed by atoms with E-state index in [1.165, 1.54) is 0 Å². The molecule has 0 saturated carbocycles. The molecule has 0 radical (unpaired) electrons. The van der Waals surface area contributed by atoms with Crippen LogP contribution < -0.4 is 10.1 Å². The number of hydrogen-bond donors (Lipinski definition) is 1. The van der Waals surface area contributed by atoms with Crippen LogP contribution in [0.15, 0.2) is 54.6 Å². The van der Waals surface area contributed by atoms with Crippen molar-refractivity contribution >= 4 is 6.03 Å². The zero-order valence-corrected chi connectivity index (χ0v) is 16.8. The lowest BCUT2D eigenvalue weighted by molar-refractivity contribution is 0.206. The molecule has 1 N–H and O–H groups in total. The van der Waals surface area contributed by atoms with Crippen LogP contribution in [0.25, 0.3) is 5.69 Å². The van der Waals surface area contributed by atoms with Crippen molar-refractivity contribution in [2.24, 2.45) is 0 Å². The summed E-state index contributed by atoms with van der Waals surface area (Å²) in [7, 11) is 3.42. The van der Waals surface area contributed by atoms with Gasteiger partial charge < -0.3 is 15.0 Å². The molecular formula is C22H26N4O2. The van der Waals surface area contributed by atoms with E-state index in [1.807, 2.05) is 73.1 Å². The molecular weight excluding hydrogens is 352 g/mol. The Labute approximate surface area is 165 Å². The highest BCUT2D eigenvalue weighted by Crippen LogP contribution is 2.20. The van der Waals surface area contributed by atoms with Crippen LogP contribution in [-0.2, 0) is 13.1 Å². The van der Waals surface area contributed by atoms with Gasteiger partial charge in [0.25, 0.3) is 0 Å². The fraction of sp³-hybridized carbons (Fsp3) is 0.273. The number of nitrogens with zero attached hydrogens (tertiary/aromatic N) is 3. The van der Waals surface area contributed by atoms with Crippen LogP contribution in [0, 0.1) is 13.8 Å². The van der Waals surface area contributed by atoms with E-state index in [-0.39, 0.29) is 6.03 Å². The predicted molar refractivity (Wildman–Crippen MR) is 110 cm³/mol. The van der Waals surface area contributed by atoms with Gasteiger partial charge in [-0.1, -0.05) is 36.4 Å². The molecule has 6 heteroatoms. The maximum absolute atomic E-state index is 12.6. The zero-order chi connectivity index (χ0) is 20.1. The molecule has 0 fully saturated rings. The smallest absolute Gasteiger partial charge is 0.317 e. The second-order valence-corrected chi connectivity index (χ2v) is 6.72. The van der Waals surface area contributed by atoms with E-state index < -0.39 is 0 Å². The van der Waals surface area contributed by atoms with Crippen molar-refractivity contribution in [2.45, 2.75) is 26.9 Å². The van der Waals surface area contributed by atoms with E-state index in [9.17, 15) is 4.79 Å². The first-order valence-electron chi connectivity index (χ1n) is 9.22. The Balaban J connectivity index is 1.68. The molecule has 3 rings (SSSR count). The molecule has 0 aliphatic rings. The van der Waals surface area contributed by atoms with Crippen molar-refractivity contribution in [2.75, 3.05) is 14.2 Å². The Morgan fingerprint density at radius 3 is 2.50 bits per heavy atom. The first-order chi connectivity index (χ1) is 13.5. The number of carbonyl (C=O) groups excluding carboxylic acids is 1. The van der Waals surface area contributed by atoms with Gasteiger partial charge in [-0.05, 0) is 32.0 Å². The summed E-state index contributed by atoms with van der Waals surface area (Å²) in [4.78, 5) is 14.2. The fourth-order valence-corrected chi connectivity index (χ4v) is 3.19. The summed E-state index contributed by atoms with van der Waals surface area (Å²) in [5.74, 6) is 0.765. The Bertz CT molecular complexity index is 950. The average Bonchev–Trinajstić information content (AvgIpc) is 3.01. The van der Waals surface area contributed by atoms with Crippen LogP contribution in [0.3, 0.4) is 0 Å². The molecule has 0 bridgehead atoms. The number of carbonyl (C=O) groups is 1. The number of nitrogens with one attached hydrogen (secondary N) is 1. The minimum Gasteiger partial charge on any atom is -0.496 e. The Kier molecular flexibility index (Phi) is 5.99. The van der Waals surface area contributed by atoms with Gasteiger partial charge in [-0.3, -0.25) is 0 Å². The van der Waals surface area contributed by atoms with Gasteiger partial charge in [-0.25, -0.2) is 9.48 Å². The van der Waals surface area contributed by atoms with Crippen LogP contribution in [0.1, 0.15) is 22.5 Å². The lowest BCUT2D eigenvalue weighted by Crippen LogP contribution is -2.36. The quantitative estimate of drug-likeness (QED) is 0.709. The standard InChI is InChI=1S/C22H26N4O2/c1-16-20(17(2)26(24-16)19-11-6-5-7-12-19)15-25(3)22(27)23-14-18-10-8-9-13-21(18)28-4/h5-13H,14-15H2,1-4H3,(H,23,27). The summed E-state index contributed by atoms with van der Waals surface area (Å²) >= 11 is 0. The van der Waals surface area contributed by atoms with Gasteiger partial charge in [0.1, 0.15) is 5.75 Å². The van der Waals surface area contributed by atoms with E-state index >= 15 is 0 Å². The second-order valence-electron chi connectivity index (χ2n) is 6.72. The highest BCUT2D eigenvalue weighted by atomic mass is 16.5. The van der Waals surface area contributed by atoms with Crippen LogP contribution in [0.2, 0.25) is 0 Å². The number of aromatic nitrogens is 2. The molecule has 2 aromatic carbocycles. The first-order valence-corrected chi connectivity index (χ1v) is 9.22. The van der Waals surface area contributed by atoms with Gasteiger partial charge in [0, 0.05) is 30.4 Å². The minimum absolute atomic E-state index is 0.142. The molecule has 0 aliphatic carbocycles. The lowest BCUT2D eigenvalue weighted by Gasteiger charge is -2.19. The first kappa shape index (κ1) is 19.5. The van der Waals surface area contributed by atoms with Gasteiger partial charge in [-0.15, -0.1) is 0 Å². The van der Waals surface area contributed by atoms with E-state index in [2.05, 4.69) is 10.4 Å². The summed E-state index contributed by atoms with van der Waals surface area (Å²) in [5, 5.41) is 7.60. The number of methoxy groups -OCH3 is 1. The van der Waals surface area contributed by atoms with Crippen LogP contribution in [0.4, 0.5) is 4.79 Å². The van der Waals surface area contributed by atoms with E-state index in [1.54, 1.807) is 19.1 Å². The molecule has 0 saturated heterocycles. The van der Waals surface area contributed by atoms with Crippen LogP contribution >= 0.6 is 0 Å². The van der Waals surface area contributed by atoms with Crippen molar-refractivity contribution in [3.05, 3.63) is 77.1 Å². The number of aryl methyl sites for hydroxylation is 1. The number of rotatable bonds is 6. The van der Waals surface area contributed by atoms with Crippen molar-refractivity contribution in [3.8, 4) is 11.4 Å². The normalized spacial score (nSPS) is 10.6. The van der Waals surface area contributed by atoms with E-state index in [0.717, 1.165) is 34.0 Å². The third kappa shape index (κ3) is 4.17. The summed E-state index contributed by atoms with van der Waals surface area (Å²) in [6.07, 6.45) is 0. The van der Waals surface area contributed by atoms with Gasteiger partial charge in [-0.2, -0.15) is 5.10 Å². The number of para-hydroxylation sites is 2. The molecule has 1 heterocycles. The molecule has 0 aliphatic heterocycles. The Morgan fingerprint density at radius 2 is 1.79 bits per heavy atom. The summed E-state index contributed by atoms with van der Waals surface area (Å²) in [5.41, 5.74) is 4.96. The van der Waals surface area contributed by atoms with Crippen molar-refractivity contribution in [1.82, 2.24) is 20.0 Å². The molecule has 3 aromatic rings. The minimum atomic E-state index is -0.142. The molecule has 6 nitrogen and oxygen atoms in total. The van der Waals surface area contributed by atoms with E-state index in [0.29, 0.717) is 13.1 Å². The highest BCUT2D eigenvalue weighted by Gasteiger charge is 2.17. The topological polar surface area (TPSA) is 59.4 Å². The maximum atomic E-state index is 12.6. The number of urea groups is 1. The zero-order valence-electron chi connectivity index (χ0n) is 16.8. The van der Waals surface area contributed by atoms with Crippen molar-refractivity contribution in [3.63, 3.8) is 0 Å². The van der Waals surface area contributed by atoms with Gasteiger partial charge in [0.2, 0.25) is 0 Å². The monoisotopic (exact) mass is 378 g/mol. The average molecular weight is 378 g/mol. The van der Waals surface area contributed by atoms with Crippen LogP contribution in [-0.4, -0.2) is 34.9 Å². The Morgan fingerprint density at radius 1 is 1.11 bits per heavy atom. The third-order valence-corrected chi connectivity index (χ3v) is 4.81. The summed E-state index contributed by atoms with van der Waals surface area (Å²) in [6.45, 7) is 4.90. The molecule has 0 atom stereocenters. The number of benzene rings is 2. The number of amides is 2. The molecule has 0 spiro atoms. The molecule has 146 valence electrons. The number of ether oxygens (including phenoxy) is 1.